The van der Waals surface area contributed by atoms with Gasteiger partial charge in [-0.15, -0.1) is 0 Å². The van der Waals surface area contributed by atoms with Gasteiger partial charge in [0.2, 0.25) is 0 Å². The summed E-state index contributed by atoms with van der Waals surface area (Å²) in [4.78, 5) is 31.3. The lowest BCUT2D eigenvalue weighted by molar-refractivity contribution is 0.0533. The summed E-state index contributed by atoms with van der Waals surface area (Å²) in [5.41, 5.74) is 2.11. The highest BCUT2D eigenvalue weighted by Crippen LogP contribution is 2.20. The zero-order valence-electron chi connectivity index (χ0n) is 17.9. The van der Waals surface area contributed by atoms with Crippen LogP contribution in [0.25, 0.3) is 0 Å². The highest BCUT2D eigenvalue weighted by Gasteiger charge is 2.26. The fourth-order valence-electron chi connectivity index (χ4n) is 3.75. The summed E-state index contributed by atoms with van der Waals surface area (Å²) in [5, 5.41) is 9.91. The second kappa shape index (κ2) is 10.1. The van der Waals surface area contributed by atoms with Crippen molar-refractivity contribution in [3.63, 3.8) is 0 Å². The number of hydrogen-bond donors (Lipinski definition) is 1. The topological polar surface area (TPSA) is 64.1 Å². The minimum absolute atomic E-state index is 0.00665. The monoisotopic (exact) mass is 409 g/mol. The zero-order valence-corrected chi connectivity index (χ0v) is 17.9. The van der Waals surface area contributed by atoms with E-state index in [0.29, 0.717) is 37.3 Å². The molecule has 0 radical (unpaired) electrons. The largest absolute Gasteiger partial charge is 0.507 e. The van der Waals surface area contributed by atoms with Crippen molar-refractivity contribution in [3.8, 4) is 5.75 Å². The van der Waals surface area contributed by atoms with Gasteiger partial charge in [0.25, 0.3) is 11.8 Å². The summed E-state index contributed by atoms with van der Waals surface area (Å²) in [7, 11) is 0. The number of anilines is 1. The fourth-order valence-corrected chi connectivity index (χ4v) is 3.75. The van der Waals surface area contributed by atoms with Crippen LogP contribution in [0.3, 0.4) is 0 Å². The molecule has 2 amide bonds. The maximum atomic E-state index is 12.9. The predicted molar refractivity (Wildman–Crippen MR) is 119 cm³/mol. The second-order valence-corrected chi connectivity index (χ2v) is 7.58. The van der Waals surface area contributed by atoms with Crippen molar-refractivity contribution in [2.75, 3.05) is 44.2 Å². The summed E-state index contributed by atoms with van der Waals surface area (Å²) in [6.45, 7) is 8.17. The Hall–Kier alpha value is -3.02. The van der Waals surface area contributed by atoms with E-state index in [4.69, 9.17) is 0 Å². The Morgan fingerprint density at radius 1 is 0.900 bits per heavy atom. The molecule has 0 bridgehead atoms. The molecule has 1 fully saturated rings. The summed E-state index contributed by atoms with van der Waals surface area (Å²) < 4.78 is 0. The molecule has 0 unspecified atom stereocenters. The summed E-state index contributed by atoms with van der Waals surface area (Å²) in [6, 6.07) is 14.4. The zero-order chi connectivity index (χ0) is 21.5. The third kappa shape index (κ3) is 4.93. The normalized spacial score (nSPS) is 13.9. The van der Waals surface area contributed by atoms with Crippen LogP contribution in [0.1, 0.15) is 47.4 Å². The molecule has 1 aliphatic rings. The Morgan fingerprint density at radius 3 is 2.07 bits per heavy atom. The lowest BCUT2D eigenvalue weighted by Gasteiger charge is -2.35. The van der Waals surface area contributed by atoms with Gasteiger partial charge in [-0.3, -0.25) is 9.59 Å². The number of phenolic OH excluding ortho intramolecular Hbond substituents is 1. The predicted octanol–water partition coefficient (Wildman–Crippen LogP) is 3.62. The van der Waals surface area contributed by atoms with E-state index >= 15 is 0 Å². The van der Waals surface area contributed by atoms with Gasteiger partial charge in [-0.05, 0) is 49.7 Å². The van der Waals surface area contributed by atoms with Gasteiger partial charge in [-0.25, -0.2) is 0 Å². The van der Waals surface area contributed by atoms with Crippen molar-refractivity contribution in [2.24, 2.45) is 0 Å². The maximum Gasteiger partial charge on any atom is 0.257 e. The molecule has 2 aromatic rings. The van der Waals surface area contributed by atoms with Crippen molar-refractivity contribution in [2.45, 2.75) is 26.7 Å². The van der Waals surface area contributed by atoms with E-state index < -0.39 is 0 Å². The van der Waals surface area contributed by atoms with E-state index in [-0.39, 0.29) is 17.6 Å². The molecular weight excluding hydrogens is 378 g/mol. The number of amides is 2. The number of hydrogen-bond acceptors (Lipinski definition) is 4. The number of benzene rings is 2. The molecular formula is C24H31N3O3. The molecule has 30 heavy (non-hydrogen) atoms. The third-order valence-corrected chi connectivity index (χ3v) is 5.63. The molecule has 0 atom stereocenters. The quantitative estimate of drug-likeness (QED) is 0.759. The van der Waals surface area contributed by atoms with Gasteiger partial charge in [0.05, 0.1) is 5.56 Å². The van der Waals surface area contributed by atoms with Gasteiger partial charge in [0.1, 0.15) is 5.75 Å². The third-order valence-electron chi connectivity index (χ3n) is 5.63. The molecule has 2 aromatic carbocycles. The van der Waals surface area contributed by atoms with Crippen LogP contribution in [0.2, 0.25) is 0 Å². The molecule has 0 spiro atoms. The van der Waals surface area contributed by atoms with E-state index in [1.165, 1.54) is 6.07 Å². The molecule has 1 saturated heterocycles. The van der Waals surface area contributed by atoms with Gasteiger partial charge in [-0.1, -0.05) is 25.5 Å². The van der Waals surface area contributed by atoms with Gasteiger partial charge in [-0.2, -0.15) is 0 Å². The highest BCUT2D eigenvalue weighted by molar-refractivity contribution is 5.97. The molecule has 1 N–H and O–H groups in total. The molecule has 0 aromatic heterocycles. The summed E-state index contributed by atoms with van der Waals surface area (Å²) in [6.07, 6.45) is 2.31. The molecule has 6 heteroatoms. The Bertz CT molecular complexity index is 858. The fraction of sp³-hybridized carbons (Fsp3) is 0.417. The average Bonchev–Trinajstić information content (AvgIpc) is 2.79. The first-order valence-corrected chi connectivity index (χ1v) is 10.8. The van der Waals surface area contributed by atoms with Crippen molar-refractivity contribution in [1.82, 2.24) is 9.80 Å². The van der Waals surface area contributed by atoms with Crippen LogP contribution in [0, 0.1) is 0 Å². The highest BCUT2D eigenvalue weighted by atomic mass is 16.3. The number of piperazine rings is 1. The molecule has 3 rings (SSSR count). The van der Waals surface area contributed by atoms with E-state index in [1.807, 2.05) is 24.3 Å². The number of para-hydroxylation sites is 1. The second-order valence-electron chi connectivity index (χ2n) is 7.58. The van der Waals surface area contributed by atoms with Crippen LogP contribution in [-0.2, 0) is 0 Å². The minimum Gasteiger partial charge on any atom is -0.507 e. The van der Waals surface area contributed by atoms with Crippen LogP contribution in [0.15, 0.2) is 48.5 Å². The number of phenols is 1. The van der Waals surface area contributed by atoms with Crippen LogP contribution < -0.4 is 4.90 Å². The van der Waals surface area contributed by atoms with E-state index in [2.05, 4.69) is 18.7 Å². The van der Waals surface area contributed by atoms with Crippen LogP contribution in [-0.4, -0.2) is 66.0 Å². The van der Waals surface area contributed by atoms with Crippen LogP contribution in [0.4, 0.5) is 5.69 Å². The Balaban J connectivity index is 1.58. The maximum absolute atomic E-state index is 12.9. The first kappa shape index (κ1) is 21.7. The van der Waals surface area contributed by atoms with Crippen LogP contribution >= 0.6 is 0 Å². The lowest BCUT2D eigenvalue weighted by Crippen LogP contribution is -2.50. The van der Waals surface area contributed by atoms with E-state index in [0.717, 1.165) is 31.6 Å². The Kier molecular flexibility index (Phi) is 7.33. The molecule has 160 valence electrons. The number of nitrogens with zero attached hydrogens (tertiary/aromatic N) is 3. The Labute approximate surface area is 178 Å². The van der Waals surface area contributed by atoms with Crippen molar-refractivity contribution in [1.29, 1.82) is 0 Å². The van der Waals surface area contributed by atoms with Crippen molar-refractivity contribution < 1.29 is 14.7 Å². The SMILES string of the molecule is CCCCN(CC)c1ccc(C(=O)N2CCN(C(=O)c3ccccc3O)CC2)cc1. The van der Waals surface area contributed by atoms with Crippen molar-refractivity contribution in [3.05, 3.63) is 59.7 Å². The molecule has 1 aliphatic heterocycles. The standard InChI is InChI=1S/C24H31N3O3/c1-3-5-14-25(4-2)20-12-10-19(11-13-20)23(29)26-15-17-27(18-16-26)24(30)21-8-6-7-9-22(21)28/h6-13,28H,3-5,14-18H2,1-2H3. The summed E-state index contributed by atoms with van der Waals surface area (Å²) in [5.74, 6) is -0.217. The smallest absolute Gasteiger partial charge is 0.257 e. The first-order valence-electron chi connectivity index (χ1n) is 10.8. The van der Waals surface area contributed by atoms with E-state index in [1.54, 1.807) is 28.0 Å². The van der Waals surface area contributed by atoms with Gasteiger partial charge in [0, 0.05) is 50.5 Å². The minimum atomic E-state index is -0.198. The average molecular weight is 410 g/mol. The number of carbonyl (C=O) groups excluding carboxylic acids is 2. The number of aromatic hydroxyl groups is 1. The van der Waals surface area contributed by atoms with Crippen molar-refractivity contribution >= 4 is 17.5 Å². The van der Waals surface area contributed by atoms with Crippen LogP contribution in [0.5, 0.6) is 5.75 Å². The number of unbranched alkanes of at least 4 members (excludes halogenated alkanes) is 1. The summed E-state index contributed by atoms with van der Waals surface area (Å²) >= 11 is 0. The van der Waals surface area contributed by atoms with Gasteiger partial charge in [0.15, 0.2) is 0 Å². The van der Waals surface area contributed by atoms with Gasteiger partial charge >= 0.3 is 0 Å². The van der Waals surface area contributed by atoms with Gasteiger partial charge < -0.3 is 19.8 Å². The molecule has 0 aliphatic carbocycles. The molecule has 6 nitrogen and oxygen atoms in total. The first-order chi connectivity index (χ1) is 14.5. The van der Waals surface area contributed by atoms with E-state index in [9.17, 15) is 14.7 Å². The Morgan fingerprint density at radius 2 is 1.50 bits per heavy atom. The molecule has 0 saturated carbocycles. The number of carbonyl (C=O) groups is 2. The number of rotatable bonds is 7. The lowest BCUT2D eigenvalue weighted by atomic mass is 10.1. The molecule has 1 heterocycles.